The van der Waals surface area contributed by atoms with Gasteiger partial charge in [0.25, 0.3) is 0 Å². The summed E-state index contributed by atoms with van der Waals surface area (Å²) in [6.45, 7) is 24.9. The van der Waals surface area contributed by atoms with Gasteiger partial charge in [0.2, 0.25) is 0 Å². The van der Waals surface area contributed by atoms with E-state index in [-0.39, 0.29) is 40.7 Å². The summed E-state index contributed by atoms with van der Waals surface area (Å²) in [6.07, 6.45) is 3.86. The first kappa shape index (κ1) is 71.4. The molecule has 520 valence electrons. The fourth-order valence-electron chi connectivity index (χ4n) is 12.7. The number of hydrogen-bond acceptors (Lipinski definition) is 12. The van der Waals surface area contributed by atoms with Gasteiger partial charge in [-0.05, 0) is 134 Å². The zero-order valence-electron chi connectivity index (χ0n) is 61.7. The monoisotopic (exact) mass is 1380 g/mol. The third-order valence-corrected chi connectivity index (χ3v) is 20.9. The molecule has 3 fully saturated rings. The van der Waals surface area contributed by atoms with Crippen molar-refractivity contribution >= 4 is 37.7 Å². The zero-order valence-corrected chi connectivity index (χ0v) is 61.7. The van der Waals surface area contributed by atoms with Crippen molar-refractivity contribution in [2.75, 3.05) is 0 Å². The van der Waals surface area contributed by atoms with Gasteiger partial charge in [-0.3, -0.25) is 0 Å². The average Bonchev–Trinajstić information content (AvgIpc) is 1.78. The molecule has 13 aromatic rings. The Morgan fingerprint density at radius 3 is 0.876 bits per heavy atom. The Labute approximate surface area is 618 Å². The van der Waals surface area contributed by atoms with E-state index in [4.69, 9.17) is 57.8 Å². The number of benzene rings is 10. The zero-order chi connectivity index (χ0) is 73.1. The average molecular weight is 1380 g/mol. The Morgan fingerprint density at radius 2 is 0.495 bits per heavy atom. The topological polar surface area (TPSA) is 133 Å². The summed E-state index contributed by atoms with van der Waals surface area (Å²) in [5.74, 6) is 2.13. The molecule has 6 heterocycles. The van der Waals surface area contributed by atoms with Gasteiger partial charge < -0.3 is 27.9 Å². The van der Waals surface area contributed by atoms with Crippen LogP contribution in [0, 0.1) is 0 Å². The highest BCUT2D eigenvalue weighted by Crippen LogP contribution is 2.41. The van der Waals surface area contributed by atoms with E-state index in [1.165, 1.54) is 0 Å². The number of rotatable bonds is 13. The van der Waals surface area contributed by atoms with E-state index < -0.39 is 14.2 Å². The molecule has 16 rings (SSSR count). The Bertz CT molecular complexity index is 5070. The van der Waals surface area contributed by atoms with E-state index in [1.54, 1.807) is 0 Å². The van der Waals surface area contributed by atoms with E-state index in [1.807, 2.05) is 176 Å². The highest BCUT2D eigenvalue weighted by Gasteiger charge is 2.54. The molecule has 10 aromatic carbocycles. The Morgan fingerprint density at radius 1 is 0.219 bits per heavy atom. The van der Waals surface area contributed by atoms with Crippen LogP contribution in [0.3, 0.4) is 0 Å². The standard InChI is InChI=1S/C34H31BN2O2.2C28H27BN2O2/c1-33(2)34(3,4)39-35(38-33)29-20-12-18-27(22-29)26-17-11-19-28(21-26)30-23-36-32(25-15-9-6-10-16-25)37-31(30)24-13-7-5-8-14-24;1-27(2)28(3,4)33-29(32-27)23-17-11-16-22(18-23)24-19-30-26(21-14-9-6-10-15-21)31-25(24)20-12-7-5-8-13-20;1-27(2)28(3,4)33-29(32-27)23-17-15-21(16-18-23)25-19-24(20-11-7-5-8-12-20)30-26(31-25)22-13-9-6-10-14-22/h5-23H,1-4H3;2*5-19H,1-4H3. The minimum Gasteiger partial charge on any atom is -0.399 e. The first-order valence-corrected chi connectivity index (χ1v) is 35.9. The molecule has 0 N–H and O–H groups in total. The van der Waals surface area contributed by atoms with Crippen LogP contribution in [0.1, 0.15) is 83.1 Å². The van der Waals surface area contributed by atoms with Crippen LogP contribution >= 0.6 is 0 Å². The first-order valence-electron chi connectivity index (χ1n) is 35.9. The Kier molecular flexibility index (Phi) is 20.1. The molecule has 3 aromatic heterocycles. The normalized spacial score (nSPS) is 16.4. The van der Waals surface area contributed by atoms with Gasteiger partial charge >= 0.3 is 21.4 Å². The molecule has 0 unspecified atom stereocenters. The van der Waals surface area contributed by atoms with Crippen LogP contribution in [0.15, 0.2) is 298 Å². The van der Waals surface area contributed by atoms with E-state index in [9.17, 15) is 0 Å². The maximum Gasteiger partial charge on any atom is 0.494 e. The Hall–Kier alpha value is -10.6. The van der Waals surface area contributed by atoms with Gasteiger partial charge in [-0.25, -0.2) is 29.9 Å². The van der Waals surface area contributed by atoms with E-state index in [2.05, 4.69) is 204 Å². The van der Waals surface area contributed by atoms with Crippen LogP contribution in [-0.4, -0.2) is 84.9 Å². The van der Waals surface area contributed by atoms with Crippen LogP contribution in [0.5, 0.6) is 0 Å². The summed E-state index contributed by atoms with van der Waals surface area (Å²) in [7, 11) is -1.20. The lowest BCUT2D eigenvalue weighted by molar-refractivity contribution is 0.00578. The molecule has 0 saturated carbocycles. The molecule has 0 aliphatic carbocycles. The van der Waals surface area contributed by atoms with Gasteiger partial charge in [-0.15, -0.1) is 0 Å². The lowest BCUT2D eigenvalue weighted by atomic mass is 9.78. The van der Waals surface area contributed by atoms with Crippen LogP contribution < -0.4 is 16.4 Å². The second kappa shape index (κ2) is 29.5. The van der Waals surface area contributed by atoms with Gasteiger partial charge in [0, 0.05) is 62.5 Å². The van der Waals surface area contributed by atoms with Crippen LogP contribution in [0.25, 0.3) is 113 Å². The highest BCUT2D eigenvalue weighted by molar-refractivity contribution is 6.63. The summed E-state index contributed by atoms with van der Waals surface area (Å²) in [6, 6.07) is 96.6. The maximum absolute atomic E-state index is 6.31. The molecule has 0 spiro atoms. The smallest absolute Gasteiger partial charge is 0.399 e. The molecule has 0 atom stereocenters. The van der Waals surface area contributed by atoms with Crippen molar-refractivity contribution in [2.24, 2.45) is 0 Å². The van der Waals surface area contributed by atoms with Crippen LogP contribution in [0.2, 0.25) is 0 Å². The van der Waals surface area contributed by atoms with Crippen LogP contribution in [-0.2, 0) is 27.9 Å². The molecular formula is C90H85B3N6O6. The lowest BCUT2D eigenvalue weighted by Gasteiger charge is -2.32. The minimum absolute atomic E-state index is 0.363. The largest absolute Gasteiger partial charge is 0.494 e. The van der Waals surface area contributed by atoms with Gasteiger partial charge in [-0.2, -0.15) is 0 Å². The Balaban J connectivity index is 0.000000133. The fraction of sp³-hybridized carbons (Fsp3) is 0.200. The van der Waals surface area contributed by atoms with E-state index in [0.717, 1.165) is 111 Å². The predicted molar refractivity (Wildman–Crippen MR) is 428 cm³/mol. The molecule has 3 saturated heterocycles. The second-order valence-electron chi connectivity index (χ2n) is 29.8. The quantitative estimate of drug-likeness (QED) is 0.102. The summed E-state index contributed by atoms with van der Waals surface area (Å²) in [5, 5.41) is 0. The molecule has 12 nitrogen and oxygen atoms in total. The molecule has 15 heteroatoms. The number of aromatic nitrogens is 6. The summed E-state index contributed by atoms with van der Waals surface area (Å²) in [5.41, 5.74) is 17.7. The van der Waals surface area contributed by atoms with Gasteiger partial charge in [-0.1, -0.05) is 273 Å². The van der Waals surface area contributed by atoms with Gasteiger partial charge in [0.15, 0.2) is 17.5 Å². The summed E-state index contributed by atoms with van der Waals surface area (Å²) < 4.78 is 37.6. The molecule has 0 amide bonds. The SMILES string of the molecule is CC1(C)OB(c2ccc(-c3cc(-c4ccccc4)nc(-c4ccccc4)n3)cc2)OC1(C)C.CC1(C)OB(c2cccc(-c3cccc(-c4cnc(-c5ccccc5)nc4-c4ccccc4)c3)c2)OC1(C)C.CC1(C)OB(c2cccc(-c3cnc(-c4ccccc4)nc3-c3ccccc3)c2)OC1(C)C. The van der Waals surface area contributed by atoms with Crippen molar-refractivity contribution in [3.05, 3.63) is 298 Å². The van der Waals surface area contributed by atoms with Crippen molar-refractivity contribution in [1.82, 2.24) is 29.9 Å². The second-order valence-corrected chi connectivity index (χ2v) is 29.8. The molecule has 0 radical (unpaired) electrons. The molecule has 105 heavy (non-hydrogen) atoms. The molecule has 3 aliphatic rings. The third kappa shape index (κ3) is 15.5. The third-order valence-electron chi connectivity index (χ3n) is 20.9. The fourth-order valence-corrected chi connectivity index (χ4v) is 12.7. The summed E-state index contributed by atoms with van der Waals surface area (Å²) in [4.78, 5) is 29.3. The molecule has 3 aliphatic heterocycles. The first-order chi connectivity index (χ1) is 50.5. The van der Waals surface area contributed by atoms with E-state index in [0.29, 0.717) is 17.5 Å². The molecule has 0 bridgehead atoms. The van der Waals surface area contributed by atoms with Crippen molar-refractivity contribution in [3.8, 4) is 113 Å². The van der Waals surface area contributed by atoms with E-state index >= 15 is 0 Å². The highest BCUT2D eigenvalue weighted by atomic mass is 16.7. The van der Waals surface area contributed by atoms with Gasteiger partial charge in [0.1, 0.15) is 0 Å². The van der Waals surface area contributed by atoms with Crippen molar-refractivity contribution < 1.29 is 27.9 Å². The molecular weight excluding hydrogens is 1290 g/mol. The lowest BCUT2D eigenvalue weighted by Crippen LogP contribution is -2.41. The maximum atomic E-state index is 6.31. The van der Waals surface area contributed by atoms with Crippen LogP contribution in [0.4, 0.5) is 0 Å². The van der Waals surface area contributed by atoms with Gasteiger partial charge in [0.05, 0.1) is 56.4 Å². The van der Waals surface area contributed by atoms with Crippen molar-refractivity contribution in [1.29, 1.82) is 0 Å². The van der Waals surface area contributed by atoms with Crippen molar-refractivity contribution in [2.45, 2.75) is 117 Å². The predicted octanol–water partition coefficient (Wildman–Crippen LogP) is 19.0. The van der Waals surface area contributed by atoms with Crippen molar-refractivity contribution in [3.63, 3.8) is 0 Å². The minimum atomic E-state index is -0.417. The number of nitrogens with zero attached hydrogens (tertiary/aromatic N) is 6. The summed E-state index contributed by atoms with van der Waals surface area (Å²) >= 11 is 0. The number of hydrogen-bond donors (Lipinski definition) is 0.